The highest BCUT2D eigenvalue weighted by Crippen LogP contribution is 2.33. The third kappa shape index (κ3) is 2.40. The standard InChI is InChI=1S/C13H21N3O2/c1-13(2,3)11-10(12(17)18)14-15-16(11)9-7-5-4-6-8-9/h9H,4-8H2,1-3H3,(H,17,18). The highest BCUT2D eigenvalue weighted by molar-refractivity contribution is 5.86. The Bertz CT molecular complexity index is 440. The van der Waals surface area contributed by atoms with Crippen molar-refractivity contribution in [3.05, 3.63) is 11.4 Å². The van der Waals surface area contributed by atoms with Crippen LogP contribution in [-0.4, -0.2) is 26.1 Å². The van der Waals surface area contributed by atoms with Crippen molar-refractivity contribution in [2.24, 2.45) is 0 Å². The molecule has 0 atom stereocenters. The predicted molar refractivity (Wildman–Crippen MR) is 67.8 cm³/mol. The average Bonchev–Trinajstić information content (AvgIpc) is 2.74. The zero-order valence-electron chi connectivity index (χ0n) is 11.3. The monoisotopic (exact) mass is 251 g/mol. The number of carboxylic acids is 1. The summed E-state index contributed by atoms with van der Waals surface area (Å²) in [6.45, 7) is 6.03. The minimum absolute atomic E-state index is 0.105. The summed E-state index contributed by atoms with van der Waals surface area (Å²) in [6, 6.07) is 0.313. The Kier molecular flexibility index (Phi) is 3.41. The van der Waals surface area contributed by atoms with Crippen molar-refractivity contribution in [1.29, 1.82) is 0 Å². The molecular formula is C13H21N3O2. The summed E-state index contributed by atoms with van der Waals surface area (Å²) in [7, 11) is 0. The number of hydrogen-bond donors (Lipinski definition) is 1. The van der Waals surface area contributed by atoms with E-state index in [0.717, 1.165) is 18.5 Å². The fourth-order valence-electron chi connectivity index (χ4n) is 2.72. The molecule has 0 spiro atoms. The van der Waals surface area contributed by atoms with Crippen molar-refractivity contribution < 1.29 is 9.90 Å². The Morgan fingerprint density at radius 2 is 1.89 bits per heavy atom. The van der Waals surface area contributed by atoms with Gasteiger partial charge in [0.05, 0.1) is 11.7 Å². The van der Waals surface area contributed by atoms with Crippen LogP contribution in [0.5, 0.6) is 0 Å². The first-order chi connectivity index (χ1) is 8.41. The highest BCUT2D eigenvalue weighted by Gasteiger charge is 2.32. The molecule has 1 aliphatic rings. The molecule has 0 saturated heterocycles. The van der Waals surface area contributed by atoms with Crippen molar-refractivity contribution in [3.63, 3.8) is 0 Å². The first kappa shape index (κ1) is 13.1. The molecule has 5 heteroatoms. The Hall–Kier alpha value is -1.39. The van der Waals surface area contributed by atoms with Crippen LogP contribution >= 0.6 is 0 Å². The minimum Gasteiger partial charge on any atom is -0.476 e. The first-order valence-corrected chi connectivity index (χ1v) is 6.60. The van der Waals surface area contributed by atoms with E-state index in [2.05, 4.69) is 10.3 Å². The van der Waals surface area contributed by atoms with Gasteiger partial charge in [0.1, 0.15) is 0 Å². The number of hydrogen-bond acceptors (Lipinski definition) is 3. The van der Waals surface area contributed by atoms with Crippen LogP contribution in [0, 0.1) is 0 Å². The number of nitrogens with zero attached hydrogens (tertiary/aromatic N) is 3. The maximum atomic E-state index is 11.2. The van der Waals surface area contributed by atoms with Gasteiger partial charge in [-0.05, 0) is 12.8 Å². The lowest BCUT2D eigenvalue weighted by molar-refractivity contribution is 0.0687. The Morgan fingerprint density at radius 1 is 1.28 bits per heavy atom. The van der Waals surface area contributed by atoms with Crippen LogP contribution in [0.2, 0.25) is 0 Å². The van der Waals surface area contributed by atoms with Crippen molar-refractivity contribution in [2.45, 2.75) is 64.3 Å². The van der Waals surface area contributed by atoms with E-state index in [9.17, 15) is 9.90 Å². The number of rotatable bonds is 2. The van der Waals surface area contributed by atoms with Gasteiger partial charge in [-0.2, -0.15) is 0 Å². The molecule has 5 nitrogen and oxygen atoms in total. The quantitative estimate of drug-likeness (QED) is 0.877. The molecule has 0 aromatic carbocycles. The lowest BCUT2D eigenvalue weighted by Crippen LogP contribution is -2.25. The second kappa shape index (κ2) is 4.71. The van der Waals surface area contributed by atoms with Crippen LogP contribution in [0.3, 0.4) is 0 Å². The fraction of sp³-hybridized carbons (Fsp3) is 0.769. The molecule has 2 rings (SSSR count). The van der Waals surface area contributed by atoms with E-state index in [1.807, 2.05) is 25.5 Å². The van der Waals surface area contributed by atoms with Gasteiger partial charge in [-0.15, -0.1) is 5.10 Å². The normalized spacial score (nSPS) is 17.9. The van der Waals surface area contributed by atoms with E-state index < -0.39 is 5.97 Å². The Morgan fingerprint density at radius 3 is 2.39 bits per heavy atom. The Balaban J connectivity index is 2.44. The van der Waals surface area contributed by atoms with Crippen LogP contribution in [0.15, 0.2) is 0 Å². The molecule has 0 aliphatic heterocycles. The van der Waals surface area contributed by atoms with E-state index in [4.69, 9.17) is 0 Å². The molecule has 1 aromatic heterocycles. The molecular weight excluding hydrogens is 230 g/mol. The summed E-state index contributed by atoms with van der Waals surface area (Å²) in [6.07, 6.45) is 5.80. The van der Waals surface area contributed by atoms with Gasteiger partial charge < -0.3 is 5.11 Å². The van der Waals surface area contributed by atoms with Gasteiger partial charge in [0, 0.05) is 5.41 Å². The fourth-order valence-corrected chi connectivity index (χ4v) is 2.72. The third-order valence-electron chi connectivity index (χ3n) is 3.53. The zero-order chi connectivity index (χ0) is 13.3. The van der Waals surface area contributed by atoms with E-state index in [-0.39, 0.29) is 11.1 Å². The maximum Gasteiger partial charge on any atom is 0.358 e. The average molecular weight is 251 g/mol. The van der Waals surface area contributed by atoms with Gasteiger partial charge in [0.2, 0.25) is 0 Å². The third-order valence-corrected chi connectivity index (χ3v) is 3.53. The number of carbonyl (C=O) groups is 1. The second-order valence-corrected chi connectivity index (χ2v) is 6.08. The van der Waals surface area contributed by atoms with Gasteiger partial charge in [-0.25, -0.2) is 9.48 Å². The molecule has 1 saturated carbocycles. The smallest absolute Gasteiger partial charge is 0.358 e. The van der Waals surface area contributed by atoms with Crippen LogP contribution in [0.4, 0.5) is 0 Å². The highest BCUT2D eigenvalue weighted by atomic mass is 16.4. The summed E-state index contributed by atoms with van der Waals surface area (Å²) in [5.74, 6) is -0.984. The predicted octanol–water partition coefficient (Wildman–Crippen LogP) is 2.78. The molecule has 18 heavy (non-hydrogen) atoms. The topological polar surface area (TPSA) is 68.0 Å². The summed E-state index contributed by atoms with van der Waals surface area (Å²) in [5, 5.41) is 17.2. The minimum atomic E-state index is -0.984. The Labute approximate surface area is 107 Å². The van der Waals surface area contributed by atoms with Crippen LogP contribution in [0.25, 0.3) is 0 Å². The largest absolute Gasteiger partial charge is 0.476 e. The van der Waals surface area contributed by atoms with Gasteiger partial charge in [-0.1, -0.05) is 45.2 Å². The van der Waals surface area contributed by atoms with E-state index in [1.165, 1.54) is 19.3 Å². The molecule has 1 aromatic rings. The van der Waals surface area contributed by atoms with E-state index >= 15 is 0 Å². The van der Waals surface area contributed by atoms with Gasteiger partial charge in [0.25, 0.3) is 0 Å². The SMILES string of the molecule is CC(C)(C)c1c(C(=O)O)nnn1C1CCCCC1. The van der Waals surface area contributed by atoms with Crippen LogP contribution < -0.4 is 0 Å². The summed E-state index contributed by atoms with van der Waals surface area (Å²) < 4.78 is 1.86. The van der Waals surface area contributed by atoms with E-state index in [0.29, 0.717) is 6.04 Å². The molecule has 1 N–H and O–H groups in total. The molecule has 1 heterocycles. The molecule has 0 radical (unpaired) electrons. The zero-order valence-corrected chi connectivity index (χ0v) is 11.3. The molecule has 1 fully saturated rings. The number of carboxylic acid groups (broad SMARTS) is 1. The lowest BCUT2D eigenvalue weighted by atomic mass is 9.88. The molecule has 1 aliphatic carbocycles. The summed E-state index contributed by atoms with van der Waals surface area (Å²) >= 11 is 0. The van der Waals surface area contributed by atoms with Crippen molar-refractivity contribution >= 4 is 5.97 Å². The molecule has 0 bridgehead atoms. The summed E-state index contributed by atoms with van der Waals surface area (Å²) in [4.78, 5) is 11.2. The lowest BCUT2D eigenvalue weighted by Gasteiger charge is -2.27. The molecule has 0 amide bonds. The molecule has 0 unspecified atom stereocenters. The van der Waals surface area contributed by atoms with Gasteiger partial charge in [0.15, 0.2) is 5.69 Å². The van der Waals surface area contributed by atoms with Crippen molar-refractivity contribution in [3.8, 4) is 0 Å². The van der Waals surface area contributed by atoms with Crippen LogP contribution in [-0.2, 0) is 5.41 Å². The van der Waals surface area contributed by atoms with Crippen molar-refractivity contribution in [2.75, 3.05) is 0 Å². The van der Waals surface area contributed by atoms with Gasteiger partial charge >= 0.3 is 5.97 Å². The van der Waals surface area contributed by atoms with Gasteiger partial charge in [-0.3, -0.25) is 0 Å². The maximum absolute atomic E-state index is 11.2. The number of aromatic carboxylic acids is 1. The van der Waals surface area contributed by atoms with Crippen LogP contribution in [0.1, 0.15) is 75.1 Å². The first-order valence-electron chi connectivity index (χ1n) is 6.60. The second-order valence-electron chi connectivity index (χ2n) is 6.08. The molecule has 100 valence electrons. The number of aromatic nitrogens is 3. The van der Waals surface area contributed by atoms with E-state index in [1.54, 1.807) is 0 Å². The van der Waals surface area contributed by atoms with Crippen molar-refractivity contribution in [1.82, 2.24) is 15.0 Å². The summed E-state index contributed by atoms with van der Waals surface area (Å²) in [5.41, 5.74) is 0.601.